The van der Waals surface area contributed by atoms with Gasteiger partial charge in [-0.05, 0) is 76.0 Å². The number of ether oxygens (including phenoxy) is 2. The second-order valence-corrected chi connectivity index (χ2v) is 8.27. The van der Waals surface area contributed by atoms with Crippen molar-refractivity contribution in [3.63, 3.8) is 0 Å². The van der Waals surface area contributed by atoms with E-state index >= 15 is 0 Å². The zero-order valence-corrected chi connectivity index (χ0v) is 16.2. The first-order chi connectivity index (χ1) is 12.6. The van der Waals surface area contributed by atoms with Crippen LogP contribution in [-0.2, 0) is 19.1 Å². The van der Waals surface area contributed by atoms with E-state index < -0.39 is 0 Å². The number of carbonyl (C=O) groups is 2. The normalized spacial score (nSPS) is 37.2. The summed E-state index contributed by atoms with van der Waals surface area (Å²) in [4.78, 5) is 25.3. The molecular weight excluding hydrogens is 328 g/mol. The summed E-state index contributed by atoms with van der Waals surface area (Å²) in [5.74, 6) is 0.608. The number of hydrogen-bond donors (Lipinski definition) is 0. The summed E-state index contributed by atoms with van der Waals surface area (Å²) in [5.41, 5.74) is -0.723. The maximum absolute atomic E-state index is 12.6. The summed E-state index contributed by atoms with van der Waals surface area (Å²) in [6, 6.07) is 0. The lowest BCUT2D eigenvalue weighted by molar-refractivity contribution is -0.163. The topological polar surface area (TPSA) is 52.6 Å². The molecule has 2 unspecified atom stereocenters. The van der Waals surface area contributed by atoms with Gasteiger partial charge in [0.2, 0.25) is 0 Å². The average molecular weight is 360 g/mol. The molecule has 0 aromatic carbocycles. The Labute approximate surface area is 157 Å². The predicted octanol–water partition coefficient (Wildman–Crippen LogP) is 4.59. The molecule has 144 valence electrons. The van der Waals surface area contributed by atoms with E-state index in [0.29, 0.717) is 11.8 Å². The lowest BCUT2D eigenvalue weighted by Crippen LogP contribution is -2.46. The first-order valence-electron chi connectivity index (χ1n) is 10.1. The van der Waals surface area contributed by atoms with E-state index in [4.69, 9.17) is 9.47 Å². The van der Waals surface area contributed by atoms with E-state index in [0.717, 1.165) is 64.2 Å². The summed E-state index contributed by atoms with van der Waals surface area (Å²) in [5, 5.41) is 0. The van der Waals surface area contributed by atoms with E-state index in [-0.39, 0.29) is 22.8 Å². The summed E-state index contributed by atoms with van der Waals surface area (Å²) in [6.45, 7) is 0. The summed E-state index contributed by atoms with van der Waals surface area (Å²) >= 11 is 0. The third-order valence-electron chi connectivity index (χ3n) is 7.29. The van der Waals surface area contributed by atoms with Crippen molar-refractivity contribution in [3.8, 4) is 0 Å². The molecule has 4 nitrogen and oxygen atoms in total. The minimum Gasteiger partial charge on any atom is -0.469 e. The molecule has 0 saturated heterocycles. The van der Waals surface area contributed by atoms with Crippen LogP contribution in [0.3, 0.4) is 0 Å². The Balaban J connectivity index is 1.75. The fourth-order valence-corrected chi connectivity index (χ4v) is 5.76. The number of rotatable bonds is 4. The standard InChI is InChI=1S/C22H32O4/c1-25-19(23)21(13-5-3-6-14-21)17-9-11-18(12-10-17)22(20(24)26-2)15-7-4-8-16-22/h3-5,7,17-18H,6,8-16H2,1-2H3. The van der Waals surface area contributed by atoms with Crippen LogP contribution in [0.25, 0.3) is 0 Å². The van der Waals surface area contributed by atoms with Gasteiger partial charge >= 0.3 is 11.9 Å². The molecule has 0 spiro atoms. The molecule has 0 aromatic rings. The average Bonchev–Trinajstić information content (AvgIpc) is 2.73. The molecule has 1 fully saturated rings. The minimum atomic E-state index is -0.362. The van der Waals surface area contributed by atoms with Gasteiger partial charge in [-0.1, -0.05) is 24.3 Å². The van der Waals surface area contributed by atoms with Crippen LogP contribution in [0.15, 0.2) is 24.3 Å². The third-order valence-corrected chi connectivity index (χ3v) is 7.29. The maximum atomic E-state index is 12.6. The van der Waals surface area contributed by atoms with Gasteiger partial charge in [-0.25, -0.2) is 0 Å². The quantitative estimate of drug-likeness (QED) is 0.543. The molecule has 2 atom stereocenters. The summed E-state index contributed by atoms with van der Waals surface area (Å²) in [6.07, 6.45) is 17.9. The Morgan fingerprint density at radius 3 is 1.38 bits per heavy atom. The smallest absolute Gasteiger partial charge is 0.312 e. The molecule has 26 heavy (non-hydrogen) atoms. The predicted molar refractivity (Wildman–Crippen MR) is 100 cm³/mol. The lowest BCUT2D eigenvalue weighted by Gasteiger charge is -2.47. The van der Waals surface area contributed by atoms with Gasteiger partial charge in [-0.3, -0.25) is 9.59 Å². The number of methoxy groups -OCH3 is 2. The maximum Gasteiger partial charge on any atom is 0.312 e. The van der Waals surface area contributed by atoms with Crippen LogP contribution < -0.4 is 0 Å². The van der Waals surface area contributed by atoms with Gasteiger partial charge in [0.1, 0.15) is 0 Å². The molecule has 0 bridgehead atoms. The van der Waals surface area contributed by atoms with Gasteiger partial charge < -0.3 is 9.47 Å². The molecule has 0 aliphatic heterocycles. The van der Waals surface area contributed by atoms with E-state index in [1.54, 1.807) is 0 Å². The van der Waals surface area contributed by atoms with E-state index in [1.807, 2.05) is 0 Å². The number of hydrogen-bond acceptors (Lipinski definition) is 4. The zero-order valence-electron chi connectivity index (χ0n) is 16.2. The van der Waals surface area contributed by atoms with Gasteiger partial charge in [-0.2, -0.15) is 0 Å². The highest BCUT2D eigenvalue weighted by Crippen LogP contribution is 2.53. The highest BCUT2D eigenvalue weighted by Gasteiger charge is 2.51. The van der Waals surface area contributed by atoms with Gasteiger partial charge in [0.05, 0.1) is 25.0 Å². The van der Waals surface area contributed by atoms with E-state index in [2.05, 4.69) is 24.3 Å². The highest BCUT2D eigenvalue weighted by atomic mass is 16.5. The Bertz CT molecular complexity index is 533. The van der Waals surface area contributed by atoms with Crippen LogP contribution in [0, 0.1) is 22.7 Å². The van der Waals surface area contributed by atoms with Crippen molar-refractivity contribution in [1.82, 2.24) is 0 Å². The molecule has 0 radical (unpaired) electrons. The minimum absolute atomic E-state index is 0.0476. The Morgan fingerprint density at radius 1 is 0.731 bits per heavy atom. The molecule has 0 N–H and O–H groups in total. The number of esters is 2. The van der Waals surface area contributed by atoms with Gasteiger partial charge in [0, 0.05) is 0 Å². The van der Waals surface area contributed by atoms with Gasteiger partial charge in [-0.15, -0.1) is 0 Å². The van der Waals surface area contributed by atoms with E-state index in [9.17, 15) is 9.59 Å². The van der Waals surface area contributed by atoms with Crippen LogP contribution in [0.5, 0.6) is 0 Å². The van der Waals surface area contributed by atoms with Crippen molar-refractivity contribution in [2.24, 2.45) is 22.7 Å². The number of allylic oxidation sites excluding steroid dienone is 4. The van der Waals surface area contributed by atoms with Crippen molar-refractivity contribution in [1.29, 1.82) is 0 Å². The van der Waals surface area contributed by atoms with Crippen molar-refractivity contribution < 1.29 is 19.1 Å². The Kier molecular flexibility index (Phi) is 5.89. The molecular formula is C22H32O4. The fourth-order valence-electron chi connectivity index (χ4n) is 5.76. The Hall–Kier alpha value is -1.58. The summed E-state index contributed by atoms with van der Waals surface area (Å²) < 4.78 is 10.4. The lowest BCUT2D eigenvalue weighted by atomic mass is 9.57. The van der Waals surface area contributed by atoms with Crippen LogP contribution in [0.4, 0.5) is 0 Å². The van der Waals surface area contributed by atoms with Gasteiger partial charge in [0.25, 0.3) is 0 Å². The molecule has 3 aliphatic carbocycles. The molecule has 1 saturated carbocycles. The van der Waals surface area contributed by atoms with Crippen molar-refractivity contribution in [3.05, 3.63) is 24.3 Å². The van der Waals surface area contributed by atoms with Crippen molar-refractivity contribution in [2.45, 2.75) is 64.2 Å². The van der Waals surface area contributed by atoms with Crippen LogP contribution in [0.1, 0.15) is 64.2 Å². The largest absolute Gasteiger partial charge is 0.469 e. The molecule has 0 amide bonds. The van der Waals surface area contributed by atoms with Gasteiger partial charge in [0.15, 0.2) is 0 Å². The monoisotopic (exact) mass is 360 g/mol. The summed E-state index contributed by atoms with van der Waals surface area (Å²) in [7, 11) is 3.02. The molecule has 3 aliphatic rings. The first kappa shape index (κ1) is 19.2. The SMILES string of the molecule is COC(=O)C1(C2CCC(C3(C(=O)OC)CC=CCC3)CC2)CC=CCC1. The fraction of sp³-hybridized carbons (Fsp3) is 0.727. The molecule has 0 heterocycles. The third kappa shape index (κ3) is 3.23. The first-order valence-corrected chi connectivity index (χ1v) is 10.1. The number of carbonyl (C=O) groups excluding carboxylic acids is 2. The second-order valence-electron chi connectivity index (χ2n) is 8.27. The van der Waals surface area contributed by atoms with Crippen LogP contribution in [-0.4, -0.2) is 26.2 Å². The second kappa shape index (κ2) is 7.98. The van der Waals surface area contributed by atoms with E-state index in [1.165, 1.54) is 14.2 Å². The van der Waals surface area contributed by atoms with Crippen molar-refractivity contribution >= 4 is 11.9 Å². The molecule has 4 heteroatoms. The highest BCUT2D eigenvalue weighted by molar-refractivity contribution is 5.78. The Morgan fingerprint density at radius 2 is 1.12 bits per heavy atom. The van der Waals surface area contributed by atoms with Crippen molar-refractivity contribution in [2.75, 3.05) is 14.2 Å². The molecule has 3 rings (SSSR count). The zero-order chi connectivity index (χ0) is 18.6. The van der Waals surface area contributed by atoms with Crippen LogP contribution in [0.2, 0.25) is 0 Å². The van der Waals surface area contributed by atoms with Crippen LogP contribution >= 0.6 is 0 Å². The molecule has 0 aromatic heterocycles.